The average molecular weight is 458 g/mol. The second-order valence-electron chi connectivity index (χ2n) is 8.86. The number of likely N-dealkylation sites (N-methyl/N-ethyl adjacent to an activating group) is 1. The topological polar surface area (TPSA) is 77.2 Å². The van der Waals surface area contributed by atoms with Crippen LogP contribution in [-0.4, -0.2) is 54.9 Å². The number of ketones is 1. The Morgan fingerprint density at radius 1 is 0.912 bits per heavy atom. The van der Waals surface area contributed by atoms with Crippen molar-refractivity contribution in [3.63, 3.8) is 0 Å². The summed E-state index contributed by atoms with van der Waals surface area (Å²) in [6.07, 6.45) is 1.50. The minimum atomic E-state index is -0.856. The number of hydrogen-bond donors (Lipinski definition) is 1. The molecule has 0 aliphatic carbocycles. The Hall–Kier alpha value is -3.84. The van der Waals surface area contributed by atoms with Crippen molar-refractivity contribution in [2.75, 3.05) is 43.0 Å². The van der Waals surface area contributed by atoms with Crippen molar-refractivity contribution in [2.45, 2.75) is 13.0 Å². The maximum atomic E-state index is 13.2. The fraction of sp³-hybridized carbons (Fsp3) is 0.259. The molecule has 3 aromatic rings. The molecule has 7 nitrogen and oxygen atoms in total. The van der Waals surface area contributed by atoms with Gasteiger partial charge < -0.3 is 19.3 Å². The predicted octanol–water partition coefficient (Wildman–Crippen LogP) is 3.97. The molecule has 1 aromatic heterocycles. The highest BCUT2D eigenvalue weighted by Gasteiger charge is 2.48. The number of hydrogen-bond acceptors (Lipinski definition) is 6. The van der Waals surface area contributed by atoms with Crippen LogP contribution in [0.3, 0.4) is 0 Å². The lowest BCUT2D eigenvalue weighted by Gasteiger charge is -2.34. The monoisotopic (exact) mass is 457 g/mol. The molecule has 174 valence electrons. The number of benzene rings is 2. The van der Waals surface area contributed by atoms with Crippen molar-refractivity contribution in [2.24, 2.45) is 0 Å². The molecular formula is C27H27N3O4. The van der Waals surface area contributed by atoms with Crippen LogP contribution in [0.1, 0.15) is 22.9 Å². The highest BCUT2D eigenvalue weighted by Crippen LogP contribution is 2.42. The maximum absolute atomic E-state index is 13.2. The Morgan fingerprint density at radius 3 is 2.18 bits per heavy atom. The quantitative estimate of drug-likeness (QED) is 0.363. The third-order valence-electron chi connectivity index (χ3n) is 6.58. The molecule has 3 heterocycles. The van der Waals surface area contributed by atoms with E-state index in [1.54, 1.807) is 24.3 Å². The molecule has 5 rings (SSSR count). The van der Waals surface area contributed by atoms with E-state index in [4.69, 9.17) is 4.42 Å². The molecule has 0 bridgehead atoms. The van der Waals surface area contributed by atoms with E-state index in [2.05, 4.69) is 16.8 Å². The molecule has 2 aliphatic heterocycles. The third-order valence-corrected chi connectivity index (χ3v) is 6.58. The first-order valence-electron chi connectivity index (χ1n) is 11.4. The summed E-state index contributed by atoms with van der Waals surface area (Å²) < 4.78 is 5.63. The van der Waals surface area contributed by atoms with E-state index in [0.717, 1.165) is 37.4 Å². The first-order chi connectivity index (χ1) is 16.4. The molecule has 0 radical (unpaired) electrons. The van der Waals surface area contributed by atoms with Gasteiger partial charge in [0.25, 0.3) is 11.7 Å². The van der Waals surface area contributed by atoms with E-state index in [-0.39, 0.29) is 11.3 Å². The number of piperazine rings is 1. The number of carbonyl (C=O) groups excluding carboxylic acids is 2. The number of Topliss-reactive ketones (excluding diaryl/α,β-unsaturated/α-hetero) is 1. The van der Waals surface area contributed by atoms with Gasteiger partial charge in [-0.25, -0.2) is 0 Å². The lowest BCUT2D eigenvalue weighted by molar-refractivity contribution is -0.132. The van der Waals surface area contributed by atoms with E-state index in [1.165, 1.54) is 11.2 Å². The van der Waals surface area contributed by atoms with Crippen LogP contribution in [0, 0.1) is 6.92 Å². The van der Waals surface area contributed by atoms with E-state index in [9.17, 15) is 14.7 Å². The summed E-state index contributed by atoms with van der Waals surface area (Å²) in [5.41, 5.74) is 3.17. The summed E-state index contributed by atoms with van der Waals surface area (Å²) in [7, 11) is 2.11. The highest BCUT2D eigenvalue weighted by molar-refractivity contribution is 6.51. The number of nitrogens with zero attached hydrogens (tertiary/aromatic N) is 3. The Morgan fingerprint density at radius 2 is 1.56 bits per heavy atom. The van der Waals surface area contributed by atoms with Crippen LogP contribution in [0.25, 0.3) is 5.76 Å². The van der Waals surface area contributed by atoms with Crippen LogP contribution in [0.2, 0.25) is 0 Å². The predicted molar refractivity (Wildman–Crippen MR) is 131 cm³/mol. The minimum Gasteiger partial charge on any atom is -0.507 e. The molecule has 2 aromatic carbocycles. The summed E-state index contributed by atoms with van der Waals surface area (Å²) in [6.45, 7) is 5.80. The number of aliphatic hydroxyl groups excluding tert-OH is 1. The van der Waals surface area contributed by atoms with Gasteiger partial charge >= 0.3 is 0 Å². The summed E-state index contributed by atoms with van der Waals surface area (Å²) in [5, 5.41) is 11.1. The van der Waals surface area contributed by atoms with Crippen LogP contribution < -0.4 is 9.80 Å². The lowest BCUT2D eigenvalue weighted by Crippen LogP contribution is -2.44. The number of anilines is 2. The van der Waals surface area contributed by atoms with Gasteiger partial charge in [0, 0.05) is 43.1 Å². The third kappa shape index (κ3) is 3.88. The molecule has 1 atom stereocenters. The van der Waals surface area contributed by atoms with Crippen LogP contribution >= 0.6 is 0 Å². The molecule has 1 amide bonds. The van der Waals surface area contributed by atoms with Crippen LogP contribution in [0.4, 0.5) is 11.4 Å². The van der Waals surface area contributed by atoms with Gasteiger partial charge in [-0.15, -0.1) is 0 Å². The van der Waals surface area contributed by atoms with Gasteiger partial charge in [-0.05, 0) is 50.4 Å². The molecule has 1 N–H and O–H groups in total. The Labute approximate surface area is 198 Å². The smallest absolute Gasteiger partial charge is 0.300 e. The molecular weight excluding hydrogens is 430 g/mol. The number of furan rings is 1. The fourth-order valence-corrected chi connectivity index (χ4v) is 4.57. The Bertz CT molecular complexity index is 1220. The van der Waals surface area contributed by atoms with Gasteiger partial charge in [-0.1, -0.05) is 29.8 Å². The van der Waals surface area contributed by atoms with Crippen molar-refractivity contribution >= 4 is 28.8 Å². The number of aryl methyl sites for hydroxylation is 1. The molecule has 2 aliphatic rings. The highest BCUT2D eigenvalue weighted by atomic mass is 16.3. The summed E-state index contributed by atoms with van der Waals surface area (Å²) in [6, 6.07) is 17.4. The van der Waals surface area contributed by atoms with Gasteiger partial charge in [-0.2, -0.15) is 0 Å². The Kier molecular flexibility index (Phi) is 5.71. The van der Waals surface area contributed by atoms with E-state index in [1.807, 2.05) is 43.3 Å². The average Bonchev–Trinajstić information content (AvgIpc) is 3.47. The van der Waals surface area contributed by atoms with Crippen molar-refractivity contribution < 1.29 is 19.1 Å². The first-order valence-corrected chi connectivity index (χ1v) is 11.4. The van der Waals surface area contributed by atoms with E-state index < -0.39 is 17.7 Å². The van der Waals surface area contributed by atoms with E-state index in [0.29, 0.717) is 17.0 Å². The fourth-order valence-electron chi connectivity index (χ4n) is 4.57. The molecule has 34 heavy (non-hydrogen) atoms. The van der Waals surface area contributed by atoms with Crippen LogP contribution in [0.5, 0.6) is 0 Å². The zero-order valence-corrected chi connectivity index (χ0v) is 19.3. The van der Waals surface area contributed by atoms with Gasteiger partial charge in [0.1, 0.15) is 17.6 Å². The molecule has 1 unspecified atom stereocenters. The zero-order chi connectivity index (χ0) is 23.8. The van der Waals surface area contributed by atoms with Gasteiger partial charge in [0.2, 0.25) is 0 Å². The molecule has 0 spiro atoms. The standard InChI is InChI=1S/C27H27N3O4/c1-18-5-7-19(8-6-18)25(31)23-24(22-4-3-17-34-22)30(27(33)26(23)32)21-11-9-20(10-12-21)29-15-13-28(2)14-16-29/h3-12,17,24,31H,13-16H2,1-2H3/b25-23-. The van der Waals surface area contributed by atoms with Crippen molar-refractivity contribution in [3.8, 4) is 0 Å². The van der Waals surface area contributed by atoms with Crippen LogP contribution in [0.15, 0.2) is 76.9 Å². The summed E-state index contributed by atoms with van der Waals surface area (Å²) in [4.78, 5) is 32.4. The molecule has 0 saturated carbocycles. The lowest BCUT2D eigenvalue weighted by atomic mass is 9.98. The summed E-state index contributed by atoms with van der Waals surface area (Å²) in [5.74, 6) is -1.22. The van der Waals surface area contributed by atoms with Crippen molar-refractivity contribution in [3.05, 3.63) is 89.4 Å². The summed E-state index contributed by atoms with van der Waals surface area (Å²) >= 11 is 0. The molecule has 2 fully saturated rings. The normalized spacial score (nSPS) is 20.8. The number of aliphatic hydroxyl groups is 1. The second-order valence-corrected chi connectivity index (χ2v) is 8.86. The number of rotatable bonds is 4. The molecule has 7 heteroatoms. The Balaban J connectivity index is 1.54. The van der Waals surface area contributed by atoms with Gasteiger partial charge in [-0.3, -0.25) is 14.5 Å². The second kappa shape index (κ2) is 8.83. The molecule has 2 saturated heterocycles. The first kappa shape index (κ1) is 22.0. The maximum Gasteiger partial charge on any atom is 0.300 e. The van der Waals surface area contributed by atoms with Crippen molar-refractivity contribution in [1.29, 1.82) is 0 Å². The SMILES string of the molecule is Cc1ccc(/C(O)=C2/C(=O)C(=O)N(c3ccc(N4CCN(C)CC4)cc3)C2c2ccco2)cc1. The van der Waals surface area contributed by atoms with Gasteiger partial charge in [0.15, 0.2) is 0 Å². The van der Waals surface area contributed by atoms with Crippen LogP contribution in [-0.2, 0) is 9.59 Å². The largest absolute Gasteiger partial charge is 0.507 e. The number of amides is 1. The van der Waals surface area contributed by atoms with E-state index >= 15 is 0 Å². The zero-order valence-electron chi connectivity index (χ0n) is 19.3. The number of carbonyl (C=O) groups is 2. The minimum absolute atomic E-state index is 0.0203. The van der Waals surface area contributed by atoms with Crippen molar-refractivity contribution in [1.82, 2.24) is 4.90 Å². The van der Waals surface area contributed by atoms with Gasteiger partial charge in [0.05, 0.1) is 11.8 Å².